The first-order valence-corrected chi connectivity index (χ1v) is 12.1. The zero-order valence-electron chi connectivity index (χ0n) is 18.6. The van der Waals surface area contributed by atoms with Gasteiger partial charge in [-0.3, -0.25) is 0 Å². The summed E-state index contributed by atoms with van der Waals surface area (Å²) in [6.07, 6.45) is 2.72. The van der Waals surface area contributed by atoms with Crippen LogP contribution in [-0.4, -0.2) is 29.0 Å². The Labute approximate surface area is 215 Å². The summed E-state index contributed by atoms with van der Waals surface area (Å²) in [5.74, 6) is 1.01. The van der Waals surface area contributed by atoms with Crippen molar-refractivity contribution in [3.8, 4) is 17.2 Å². The smallest absolute Gasteiger partial charge is 0.336 e. The summed E-state index contributed by atoms with van der Waals surface area (Å²) in [6, 6.07) is 14.7. The van der Waals surface area contributed by atoms with Crippen molar-refractivity contribution in [2.75, 3.05) is 13.3 Å². The summed E-state index contributed by atoms with van der Waals surface area (Å²) in [5, 5.41) is 11.2. The Kier molecular flexibility index (Phi) is 6.60. The Balaban J connectivity index is 1.43. The highest BCUT2D eigenvalue weighted by atomic mass is 79.9. The molecular weight excluding hydrogens is 536 g/mol. The van der Waals surface area contributed by atoms with Crippen LogP contribution in [0.2, 0.25) is 5.02 Å². The Morgan fingerprint density at radius 1 is 1.09 bits per heavy atom. The molecule has 0 radical (unpaired) electrons. The van der Waals surface area contributed by atoms with Gasteiger partial charge in [0.1, 0.15) is 12.4 Å². The minimum Gasteiger partial charge on any atom is -0.489 e. The average Bonchev–Trinajstić information content (AvgIpc) is 3.42. The van der Waals surface area contributed by atoms with Crippen molar-refractivity contribution >= 4 is 44.4 Å². The minimum absolute atomic E-state index is 0.182. The van der Waals surface area contributed by atoms with Gasteiger partial charge in [-0.2, -0.15) is 0 Å². The third-order valence-corrected chi connectivity index (χ3v) is 6.77. The van der Waals surface area contributed by atoms with Gasteiger partial charge >= 0.3 is 5.97 Å². The molecule has 0 saturated carbocycles. The van der Waals surface area contributed by atoms with E-state index in [0.717, 1.165) is 32.1 Å². The Morgan fingerprint density at radius 3 is 2.66 bits per heavy atom. The van der Waals surface area contributed by atoms with Gasteiger partial charge in [0, 0.05) is 39.7 Å². The normalized spacial score (nSPS) is 12.3. The fourth-order valence-electron chi connectivity index (χ4n) is 4.23. The molecule has 180 valence electrons. The lowest BCUT2D eigenvalue weighted by Gasteiger charge is -2.11. The third-order valence-electron chi connectivity index (χ3n) is 5.93. The molecule has 1 aliphatic heterocycles. The number of halogens is 2. The molecule has 3 aromatic carbocycles. The van der Waals surface area contributed by atoms with Crippen molar-refractivity contribution in [3.63, 3.8) is 0 Å². The third kappa shape index (κ3) is 4.82. The maximum absolute atomic E-state index is 11.8. The molecule has 35 heavy (non-hydrogen) atoms. The van der Waals surface area contributed by atoms with E-state index in [1.807, 2.05) is 42.6 Å². The van der Waals surface area contributed by atoms with Gasteiger partial charge in [-0.25, -0.2) is 4.79 Å². The zero-order valence-corrected chi connectivity index (χ0v) is 20.9. The number of carboxylic acid groups (broad SMARTS) is 1. The number of rotatable bonds is 8. The molecule has 9 heteroatoms. The van der Waals surface area contributed by atoms with Gasteiger partial charge < -0.3 is 29.6 Å². The van der Waals surface area contributed by atoms with Gasteiger partial charge in [0.2, 0.25) is 6.79 Å². The molecule has 1 aliphatic rings. The predicted octanol–water partition coefficient (Wildman–Crippen LogP) is 5.61. The van der Waals surface area contributed by atoms with Crippen LogP contribution in [0.3, 0.4) is 0 Å². The molecule has 0 saturated heterocycles. The number of hydrogen-bond acceptors (Lipinski definition) is 5. The van der Waals surface area contributed by atoms with Gasteiger partial charge in [0.15, 0.2) is 11.5 Å². The maximum atomic E-state index is 11.8. The van der Waals surface area contributed by atoms with Gasteiger partial charge in [-0.05, 0) is 60.5 Å². The number of hydrogen-bond donors (Lipinski definition) is 2. The van der Waals surface area contributed by atoms with Crippen LogP contribution in [-0.2, 0) is 19.6 Å². The molecule has 0 unspecified atom stereocenters. The largest absolute Gasteiger partial charge is 0.489 e. The summed E-state index contributed by atoms with van der Waals surface area (Å²) < 4.78 is 19.6. The van der Waals surface area contributed by atoms with Crippen molar-refractivity contribution in [1.82, 2.24) is 4.57 Å². The average molecular weight is 558 g/mol. The lowest BCUT2D eigenvalue weighted by molar-refractivity contribution is 0.0695. The van der Waals surface area contributed by atoms with Crippen LogP contribution in [0.25, 0.3) is 10.9 Å². The number of aromatic carboxylic acids is 1. The fraction of sp³-hybridized carbons (Fsp3) is 0.192. The van der Waals surface area contributed by atoms with Crippen LogP contribution in [0.1, 0.15) is 27.0 Å². The Hall–Kier alpha value is -3.20. The van der Waals surface area contributed by atoms with E-state index in [4.69, 9.17) is 31.5 Å². The molecule has 7 nitrogen and oxygen atoms in total. The monoisotopic (exact) mass is 556 g/mol. The first-order valence-electron chi connectivity index (χ1n) is 11.0. The summed E-state index contributed by atoms with van der Waals surface area (Å²) in [4.78, 5) is 11.8. The Bertz CT molecular complexity index is 1440. The number of ether oxygens (including phenoxy) is 3. The topological polar surface area (TPSA) is 95.9 Å². The van der Waals surface area contributed by atoms with Crippen LogP contribution in [0, 0.1) is 0 Å². The number of nitrogens with two attached hydrogens (primary N) is 1. The molecule has 0 fully saturated rings. The highest BCUT2D eigenvalue weighted by Crippen LogP contribution is 2.37. The molecule has 4 aromatic rings. The van der Waals surface area contributed by atoms with E-state index in [-0.39, 0.29) is 19.0 Å². The maximum Gasteiger partial charge on any atom is 0.336 e. The van der Waals surface area contributed by atoms with Gasteiger partial charge in [0.25, 0.3) is 0 Å². The summed E-state index contributed by atoms with van der Waals surface area (Å²) >= 11 is 9.74. The molecule has 5 rings (SSSR count). The van der Waals surface area contributed by atoms with Crippen molar-refractivity contribution in [3.05, 3.63) is 86.5 Å². The Morgan fingerprint density at radius 2 is 1.89 bits per heavy atom. The van der Waals surface area contributed by atoms with Crippen LogP contribution in [0.4, 0.5) is 0 Å². The van der Waals surface area contributed by atoms with E-state index < -0.39 is 5.97 Å². The lowest BCUT2D eigenvalue weighted by Crippen LogP contribution is -2.07. The fourth-order valence-corrected chi connectivity index (χ4v) is 4.79. The van der Waals surface area contributed by atoms with Crippen LogP contribution >= 0.6 is 27.5 Å². The predicted molar refractivity (Wildman–Crippen MR) is 137 cm³/mol. The second kappa shape index (κ2) is 9.81. The van der Waals surface area contributed by atoms with Gasteiger partial charge in [-0.1, -0.05) is 33.6 Å². The summed E-state index contributed by atoms with van der Waals surface area (Å²) in [6.45, 7) is 1.37. The quantitative estimate of drug-likeness (QED) is 0.292. The molecule has 1 aromatic heterocycles. The highest BCUT2D eigenvalue weighted by molar-refractivity contribution is 9.10. The highest BCUT2D eigenvalue weighted by Gasteiger charge is 2.18. The molecule has 2 heterocycles. The molecular formula is C26H22BrClN2O5. The van der Waals surface area contributed by atoms with Crippen LogP contribution < -0.4 is 19.9 Å². The SMILES string of the molecule is NCCc1cn(Cc2ccc(Br)cc2C(=O)O)c2ccc(OCc3cc4c(cc3Cl)OCO4)cc12. The molecule has 0 aliphatic carbocycles. The van der Waals surface area contributed by atoms with Crippen molar-refractivity contribution < 1.29 is 24.1 Å². The summed E-state index contributed by atoms with van der Waals surface area (Å²) in [7, 11) is 0. The minimum atomic E-state index is -0.960. The number of benzene rings is 3. The number of carboxylic acids is 1. The number of aromatic nitrogens is 1. The van der Waals surface area contributed by atoms with E-state index in [1.54, 1.807) is 12.1 Å². The molecule has 0 bridgehead atoms. The van der Waals surface area contributed by atoms with Crippen LogP contribution in [0.15, 0.2) is 59.2 Å². The second-order valence-electron chi connectivity index (χ2n) is 8.19. The standard InChI is InChI=1S/C26H22BrClN2O5/c27-18-2-1-15(21(8-18)26(31)32)11-30-12-16(5-6-29)20-9-19(3-4-23(20)30)33-13-17-7-24-25(10-22(17)28)35-14-34-24/h1-4,7-10,12H,5-6,11,13-14,29H2,(H,31,32). The van der Waals surface area contributed by atoms with Crippen molar-refractivity contribution in [2.24, 2.45) is 5.73 Å². The van der Waals surface area contributed by atoms with Crippen molar-refractivity contribution in [2.45, 2.75) is 19.6 Å². The second-order valence-corrected chi connectivity index (χ2v) is 9.51. The number of fused-ring (bicyclic) bond motifs is 2. The van der Waals surface area contributed by atoms with E-state index in [9.17, 15) is 9.90 Å². The first kappa shape index (κ1) is 23.5. The van der Waals surface area contributed by atoms with E-state index >= 15 is 0 Å². The van der Waals surface area contributed by atoms with E-state index in [0.29, 0.717) is 41.8 Å². The molecule has 3 N–H and O–H groups in total. The van der Waals surface area contributed by atoms with Crippen LogP contribution in [0.5, 0.6) is 17.2 Å². The molecule has 0 atom stereocenters. The lowest BCUT2D eigenvalue weighted by atomic mass is 10.1. The van der Waals surface area contributed by atoms with Gasteiger partial charge in [0.05, 0.1) is 10.6 Å². The first-order chi connectivity index (χ1) is 16.9. The van der Waals surface area contributed by atoms with Crippen molar-refractivity contribution in [1.29, 1.82) is 0 Å². The number of nitrogens with zero attached hydrogens (tertiary/aromatic N) is 1. The van der Waals surface area contributed by atoms with E-state index in [2.05, 4.69) is 20.5 Å². The zero-order chi connectivity index (χ0) is 24.5. The van der Waals surface area contributed by atoms with Gasteiger partial charge in [-0.15, -0.1) is 0 Å². The molecule has 0 amide bonds. The summed E-state index contributed by atoms with van der Waals surface area (Å²) in [5.41, 5.74) is 9.69. The number of carbonyl (C=O) groups is 1. The van der Waals surface area contributed by atoms with E-state index in [1.165, 1.54) is 0 Å². The molecule has 0 spiro atoms.